The van der Waals surface area contributed by atoms with Gasteiger partial charge in [-0.2, -0.15) is 0 Å². The molecule has 1 saturated heterocycles. The highest BCUT2D eigenvalue weighted by molar-refractivity contribution is 5.86. The van der Waals surface area contributed by atoms with Crippen molar-refractivity contribution in [2.45, 2.75) is 62.9 Å². The van der Waals surface area contributed by atoms with Crippen molar-refractivity contribution in [1.29, 1.82) is 0 Å². The molecule has 19 heavy (non-hydrogen) atoms. The molecule has 4 heteroatoms. The molecule has 0 bridgehead atoms. The van der Waals surface area contributed by atoms with Crippen LogP contribution in [0.25, 0.3) is 0 Å². The molecule has 2 N–H and O–H groups in total. The molecule has 1 saturated carbocycles. The summed E-state index contributed by atoms with van der Waals surface area (Å²) in [6.07, 6.45) is 8.25. The number of nitrogens with zero attached hydrogens (tertiary/aromatic N) is 1. The predicted octanol–water partition coefficient (Wildman–Crippen LogP) is 1.51. The number of likely N-dealkylation sites (N-methyl/N-ethyl adjacent to an activating group) is 1. The smallest absolute Gasteiger partial charge is 0.240 e. The van der Waals surface area contributed by atoms with Gasteiger partial charge in [0.1, 0.15) is 0 Å². The average Bonchev–Trinajstić information content (AvgIpc) is 2.87. The standard InChI is InChI=1S/C15H29N3O/c1-14(8-6-7-11-17-14)13(19)16-12-15(18(2)3)9-4-5-10-15/h17H,4-12H2,1-3H3,(H,16,19). The van der Waals surface area contributed by atoms with Gasteiger partial charge >= 0.3 is 0 Å². The van der Waals surface area contributed by atoms with Crippen molar-refractivity contribution in [2.24, 2.45) is 0 Å². The van der Waals surface area contributed by atoms with Crippen molar-refractivity contribution in [1.82, 2.24) is 15.5 Å². The van der Waals surface area contributed by atoms with Gasteiger partial charge in [0, 0.05) is 12.1 Å². The summed E-state index contributed by atoms with van der Waals surface area (Å²) in [4.78, 5) is 14.8. The minimum Gasteiger partial charge on any atom is -0.353 e. The first-order valence-corrected chi connectivity index (χ1v) is 7.69. The zero-order valence-corrected chi connectivity index (χ0v) is 12.7. The van der Waals surface area contributed by atoms with Crippen LogP contribution < -0.4 is 10.6 Å². The average molecular weight is 267 g/mol. The van der Waals surface area contributed by atoms with E-state index in [0.29, 0.717) is 0 Å². The maximum Gasteiger partial charge on any atom is 0.240 e. The first-order chi connectivity index (χ1) is 8.99. The van der Waals surface area contributed by atoms with Crippen molar-refractivity contribution in [2.75, 3.05) is 27.2 Å². The van der Waals surface area contributed by atoms with Crippen LogP contribution in [0.15, 0.2) is 0 Å². The van der Waals surface area contributed by atoms with Crippen LogP contribution in [-0.2, 0) is 4.79 Å². The number of carbonyl (C=O) groups is 1. The number of rotatable bonds is 4. The summed E-state index contributed by atoms with van der Waals surface area (Å²) >= 11 is 0. The third-order valence-corrected chi connectivity index (χ3v) is 5.18. The van der Waals surface area contributed by atoms with Crippen LogP contribution in [0.5, 0.6) is 0 Å². The molecule has 1 atom stereocenters. The molecule has 1 aliphatic heterocycles. The van der Waals surface area contributed by atoms with Crippen molar-refractivity contribution >= 4 is 5.91 Å². The van der Waals surface area contributed by atoms with E-state index in [1.165, 1.54) is 32.1 Å². The molecular weight excluding hydrogens is 238 g/mol. The second kappa shape index (κ2) is 5.80. The Bertz CT molecular complexity index is 315. The molecule has 1 heterocycles. The summed E-state index contributed by atoms with van der Waals surface area (Å²) in [7, 11) is 4.27. The zero-order valence-electron chi connectivity index (χ0n) is 12.7. The van der Waals surface area contributed by atoms with Gasteiger partial charge in [-0.25, -0.2) is 0 Å². The SMILES string of the molecule is CN(C)C1(CNC(=O)C2(C)CCCCN2)CCCC1. The summed E-state index contributed by atoms with van der Waals surface area (Å²) in [5.74, 6) is 0.181. The Labute approximate surface area is 117 Å². The molecule has 2 aliphatic rings. The number of carbonyl (C=O) groups excluding carboxylic acids is 1. The maximum atomic E-state index is 12.4. The molecule has 1 amide bonds. The summed E-state index contributed by atoms with van der Waals surface area (Å²) in [6.45, 7) is 3.79. The number of amides is 1. The first kappa shape index (κ1) is 14.8. The van der Waals surface area contributed by atoms with E-state index in [4.69, 9.17) is 0 Å². The van der Waals surface area contributed by atoms with Crippen molar-refractivity contribution in [3.63, 3.8) is 0 Å². The lowest BCUT2D eigenvalue weighted by Crippen LogP contribution is -2.60. The molecule has 0 aromatic rings. The van der Waals surface area contributed by atoms with Crippen molar-refractivity contribution in [3.8, 4) is 0 Å². The van der Waals surface area contributed by atoms with E-state index in [2.05, 4.69) is 29.6 Å². The fourth-order valence-electron chi connectivity index (χ4n) is 3.51. The molecule has 4 nitrogen and oxygen atoms in total. The molecule has 1 aliphatic carbocycles. The third kappa shape index (κ3) is 3.11. The molecule has 0 aromatic heterocycles. The quantitative estimate of drug-likeness (QED) is 0.811. The van der Waals surface area contributed by atoms with Crippen LogP contribution in [-0.4, -0.2) is 49.1 Å². The Morgan fingerprint density at radius 3 is 2.32 bits per heavy atom. The molecule has 2 rings (SSSR count). The summed E-state index contributed by atoms with van der Waals surface area (Å²) in [5, 5.41) is 6.60. The number of piperidine rings is 1. The summed E-state index contributed by atoms with van der Waals surface area (Å²) < 4.78 is 0. The Morgan fingerprint density at radius 1 is 1.16 bits per heavy atom. The maximum absolute atomic E-state index is 12.4. The Kier molecular flexibility index (Phi) is 4.51. The van der Waals surface area contributed by atoms with Crippen molar-refractivity contribution < 1.29 is 4.79 Å². The van der Waals surface area contributed by atoms with E-state index in [1.807, 2.05) is 6.92 Å². The second-order valence-electron chi connectivity index (χ2n) is 6.72. The molecule has 0 radical (unpaired) electrons. The first-order valence-electron chi connectivity index (χ1n) is 7.69. The molecule has 1 unspecified atom stereocenters. The van der Waals surface area contributed by atoms with Gasteiger partial charge < -0.3 is 15.5 Å². The Balaban J connectivity index is 1.92. The monoisotopic (exact) mass is 267 g/mol. The van der Waals surface area contributed by atoms with E-state index in [0.717, 1.165) is 25.9 Å². The van der Waals surface area contributed by atoms with Gasteiger partial charge in [0.05, 0.1) is 5.54 Å². The van der Waals surface area contributed by atoms with Crippen LogP contribution in [0.3, 0.4) is 0 Å². The van der Waals surface area contributed by atoms with Gasteiger partial charge in [0.15, 0.2) is 0 Å². The van der Waals surface area contributed by atoms with Crippen LogP contribution >= 0.6 is 0 Å². The summed E-state index contributed by atoms with van der Waals surface area (Å²) in [6, 6.07) is 0. The normalized spacial score (nSPS) is 30.5. The summed E-state index contributed by atoms with van der Waals surface area (Å²) in [5.41, 5.74) is -0.176. The van der Waals surface area contributed by atoms with Gasteiger partial charge in [-0.05, 0) is 59.7 Å². The third-order valence-electron chi connectivity index (χ3n) is 5.18. The van der Waals surface area contributed by atoms with E-state index in [9.17, 15) is 4.79 Å². The fourth-order valence-corrected chi connectivity index (χ4v) is 3.51. The van der Waals surface area contributed by atoms with Gasteiger partial charge in [0.2, 0.25) is 5.91 Å². The van der Waals surface area contributed by atoms with Gasteiger partial charge in [-0.15, -0.1) is 0 Å². The Hall–Kier alpha value is -0.610. The minimum absolute atomic E-state index is 0.181. The molecule has 0 aromatic carbocycles. The largest absolute Gasteiger partial charge is 0.353 e. The van der Waals surface area contributed by atoms with Crippen LogP contribution in [0.4, 0.5) is 0 Å². The molecule has 110 valence electrons. The van der Waals surface area contributed by atoms with E-state index in [-0.39, 0.29) is 17.0 Å². The van der Waals surface area contributed by atoms with Gasteiger partial charge in [-0.1, -0.05) is 12.8 Å². The van der Waals surface area contributed by atoms with E-state index in [1.54, 1.807) is 0 Å². The lowest BCUT2D eigenvalue weighted by Gasteiger charge is -2.39. The lowest BCUT2D eigenvalue weighted by atomic mass is 9.89. The number of nitrogens with one attached hydrogen (secondary N) is 2. The van der Waals surface area contributed by atoms with Crippen LogP contribution in [0.1, 0.15) is 51.9 Å². The fraction of sp³-hybridized carbons (Fsp3) is 0.933. The molecule has 2 fully saturated rings. The number of hydrogen-bond acceptors (Lipinski definition) is 3. The zero-order chi connectivity index (χ0) is 13.9. The second-order valence-corrected chi connectivity index (χ2v) is 6.72. The van der Waals surface area contributed by atoms with Gasteiger partial charge in [-0.3, -0.25) is 4.79 Å². The van der Waals surface area contributed by atoms with Crippen molar-refractivity contribution in [3.05, 3.63) is 0 Å². The highest BCUT2D eigenvalue weighted by Gasteiger charge is 2.39. The Morgan fingerprint density at radius 2 is 1.79 bits per heavy atom. The minimum atomic E-state index is -0.357. The topological polar surface area (TPSA) is 44.4 Å². The van der Waals surface area contributed by atoms with Gasteiger partial charge in [0.25, 0.3) is 0 Å². The molecule has 0 spiro atoms. The highest BCUT2D eigenvalue weighted by atomic mass is 16.2. The highest BCUT2D eigenvalue weighted by Crippen LogP contribution is 2.33. The van der Waals surface area contributed by atoms with Crippen LogP contribution in [0, 0.1) is 0 Å². The predicted molar refractivity (Wildman–Crippen MR) is 78.2 cm³/mol. The molecular formula is C15H29N3O. The number of hydrogen-bond donors (Lipinski definition) is 2. The lowest BCUT2D eigenvalue weighted by molar-refractivity contribution is -0.128. The van der Waals surface area contributed by atoms with Crippen LogP contribution in [0.2, 0.25) is 0 Å². The van der Waals surface area contributed by atoms with E-state index >= 15 is 0 Å². The van der Waals surface area contributed by atoms with E-state index < -0.39 is 0 Å².